The molecule has 0 aliphatic carbocycles. The van der Waals surface area contributed by atoms with E-state index in [1.54, 1.807) is 17.5 Å². The van der Waals surface area contributed by atoms with E-state index in [1.165, 1.54) is 6.33 Å². The van der Waals surface area contributed by atoms with Crippen molar-refractivity contribution in [1.82, 2.24) is 15.0 Å². The molecule has 2 rings (SSSR count). The highest BCUT2D eigenvalue weighted by Gasteiger charge is 2.05. The second kappa shape index (κ2) is 4.54. The van der Waals surface area contributed by atoms with Gasteiger partial charge in [0.15, 0.2) is 0 Å². The van der Waals surface area contributed by atoms with Crippen LogP contribution >= 0.6 is 27.3 Å². The first-order valence-electron chi connectivity index (χ1n) is 4.15. The van der Waals surface area contributed by atoms with Crippen molar-refractivity contribution in [2.45, 2.75) is 6.54 Å². The second-order valence-electron chi connectivity index (χ2n) is 2.70. The summed E-state index contributed by atoms with van der Waals surface area (Å²) < 4.78 is 0.682. The van der Waals surface area contributed by atoms with Gasteiger partial charge in [-0.1, -0.05) is 0 Å². The smallest absolute Gasteiger partial charge is 0.146 e. The molecule has 0 spiro atoms. The zero-order valence-corrected chi connectivity index (χ0v) is 10.0. The Balaban J connectivity index is 2.08. The lowest BCUT2D eigenvalue weighted by atomic mass is 10.5. The average Bonchev–Trinajstić information content (AvgIpc) is 2.73. The molecular weight excluding hydrogens is 278 g/mol. The van der Waals surface area contributed by atoms with Gasteiger partial charge in [-0.2, -0.15) is 0 Å². The molecule has 2 aromatic rings. The fourth-order valence-corrected chi connectivity index (χ4v) is 1.91. The molecule has 0 bridgehead atoms. The average molecular weight is 286 g/mol. The van der Waals surface area contributed by atoms with Crippen molar-refractivity contribution >= 4 is 38.9 Å². The SMILES string of the molecule is Nc1ncnc(NCc2nccs2)c1Br. The van der Waals surface area contributed by atoms with Crippen LogP contribution in [-0.2, 0) is 6.54 Å². The Hall–Kier alpha value is -1.21. The van der Waals surface area contributed by atoms with Gasteiger partial charge in [-0.3, -0.25) is 0 Å². The van der Waals surface area contributed by atoms with E-state index in [-0.39, 0.29) is 0 Å². The molecule has 78 valence electrons. The van der Waals surface area contributed by atoms with E-state index in [4.69, 9.17) is 5.73 Å². The Morgan fingerprint density at radius 3 is 3.00 bits per heavy atom. The number of thiazole rings is 1. The Morgan fingerprint density at radius 1 is 1.40 bits per heavy atom. The van der Waals surface area contributed by atoms with Gasteiger partial charge in [0, 0.05) is 11.6 Å². The Morgan fingerprint density at radius 2 is 2.27 bits per heavy atom. The third kappa shape index (κ3) is 2.42. The third-order valence-corrected chi connectivity index (χ3v) is 3.27. The van der Waals surface area contributed by atoms with Crippen molar-refractivity contribution in [3.63, 3.8) is 0 Å². The molecule has 0 radical (unpaired) electrons. The van der Waals surface area contributed by atoms with E-state index in [0.29, 0.717) is 22.7 Å². The molecule has 0 saturated heterocycles. The van der Waals surface area contributed by atoms with Gasteiger partial charge in [0.25, 0.3) is 0 Å². The van der Waals surface area contributed by atoms with Gasteiger partial charge in [-0.05, 0) is 15.9 Å². The fraction of sp³-hybridized carbons (Fsp3) is 0.125. The van der Waals surface area contributed by atoms with Crippen molar-refractivity contribution in [1.29, 1.82) is 0 Å². The number of nitrogens with one attached hydrogen (secondary N) is 1. The van der Waals surface area contributed by atoms with Gasteiger partial charge in [0.2, 0.25) is 0 Å². The van der Waals surface area contributed by atoms with E-state index < -0.39 is 0 Å². The van der Waals surface area contributed by atoms with Crippen molar-refractivity contribution in [2.24, 2.45) is 0 Å². The maximum Gasteiger partial charge on any atom is 0.146 e. The monoisotopic (exact) mass is 285 g/mol. The number of rotatable bonds is 3. The highest BCUT2D eigenvalue weighted by molar-refractivity contribution is 9.10. The molecule has 0 fully saturated rings. The molecule has 0 saturated carbocycles. The molecule has 0 unspecified atom stereocenters. The Labute approximate surface area is 98.9 Å². The highest BCUT2D eigenvalue weighted by Crippen LogP contribution is 2.24. The quantitative estimate of drug-likeness (QED) is 0.901. The summed E-state index contributed by atoms with van der Waals surface area (Å²) in [5, 5.41) is 6.06. The lowest BCUT2D eigenvalue weighted by Gasteiger charge is -2.06. The largest absolute Gasteiger partial charge is 0.383 e. The normalized spacial score (nSPS) is 10.2. The zero-order chi connectivity index (χ0) is 10.7. The van der Waals surface area contributed by atoms with Crippen LogP contribution in [-0.4, -0.2) is 15.0 Å². The number of anilines is 2. The summed E-state index contributed by atoms with van der Waals surface area (Å²) in [6.07, 6.45) is 3.19. The summed E-state index contributed by atoms with van der Waals surface area (Å²) in [6, 6.07) is 0. The molecule has 15 heavy (non-hydrogen) atoms. The summed E-state index contributed by atoms with van der Waals surface area (Å²) >= 11 is 4.90. The van der Waals surface area contributed by atoms with E-state index >= 15 is 0 Å². The summed E-state index contributed by atoms with van der Waals surface area (Å²) in [6.45, 7) is 0.632. The van der Waals surface area contributed by atoms with Crippen LogP contribution in [0.5, 0.6) is 0 Å². The first-order chi connectivity index (χ1) is 7.27. The van der Waals surface area contributed by atoms with Crippen molar-refractivity contribution in [3.8, 4) is 0 Å². The number of halogens is 1. The van der Waals surface area contributed by atoms with Crippen LogP contribution in [0.25, 0.3) is 0 Å². The summed E-state index contributed by atoms with van der Waals surface area (Å²) in [4.78, 5) is 12.1. The Bertz CT molecular complexity index is 444. The molecular formula is C8H8BrN5S. The molecule has 7 heteroatoms. The third-order valence-electron chi connectivity index (χ3n) is 1.71. The van der Waals surface area contributed by atoms with Gasteiger partial charge >= 0.3 is 0 Å². The summed E-state index contributed by atoms with van der Waals surface area (Å²) in [5.41, 5.74) is 5.62. The number of hydrogen-bond donors (Lipinski definition) is 2. The summed E-state index contributed by atoms with van der Waals surface area (Å²) in [7, 11) is 0. The van der Waals surface area contributed by atoms with Crippen LogP contribution in [0.1, 0.15) is 5.01 Å². The molecule has 2 aromatic heterocycles. The van der Waals surface area contributed by atoms with Crippen molar-refractivity contribution < 1.29 is 0 Å². The van der Waals surface area contributed by atoms with E-state index in [9.17, 15) is 0 Å². The molecule has 5 nitrogen and oxygen atoms in total. The predicted molar refractivity (Wildman–Crippen MR) is 63.6 cm³/mol. The molecule has 0 aromatic carbocycles. The van der Waals surface area contributed by atoms with E-state index in [0.717, 1.165) is 5.01 Å². The van der Waals surface area contributed by atoms with E-state index in [2.05, 4.69) is 36.2 Å². The summed E-state index contributed by atoms with van der Waals surface area (Å²) in [5.74, 6) is 1.10. The minimum absolute atomic E-state index is 0.423. The fourth-order valence-electron chi connectivity index (χ4n) is 1.01. The predicted octanol–water partition coefficient (Wildman–Crippen LogP) is 1.89. The molecule has 3 N–H and O–H groups in total. The number of aromatic nitrogens is 3. The van der Waals surface area contributed by atoms with Crippen LogP contribution < -0.4 is 11.1 Å². The van der Waals surface area contributed by atoms with Crippen molar-refractivity contribution in [2.75, 3.05) is 11.1 Å². The van der Waals surface area contributed by atoms with Crippen LogP contribution in [0.3, 0.4) is 0 Å². The van der Waals surface area contributed by atoms with Crippen LogP contribution in [0.15, 0.2) is 22.4 Å². The number of nitrogens with zero attached hydrogens (tertiary/aromatic N) is 3. The topological polar surface area (TPSA) is 76.7 Å². The lowest BCUT2D eigenvalue weighted by molar-refractivity contribution is 1.05. The standard InChI is InChI=1S/C8H8BrN5S/c9-6-7(10)13-4-14-8(6)12-3-5-11-1-2-15-5/h1-2,4H,3H2,(H3,10,12,13,14). The minimum Gasteiger partial charge on any atom is -0.383 e. The van der Waals surface area contributed by atoms with E-state index in [1.807, 2.05) is 5.38 Å². The lowest BCUT2D eigenvalue weighted by Crippen LogP contribution is -2.04. The van der Waals surface area contributed by atoms with Crippen LogP contribution in [0.2, 0.25) is 0 Å². The molecule has 0 atom stereocenters. The molecule has 0 aliphatic heterocycles. The Kier molecular flexibility index (Phi) is 3.12. The second-order valence-corrected chi connectivity index (χ2v) is 4.47. The van der Waals surface area contributed by atoms with Gasteiger partial charge < -0.3 is 11.1 Å². The van der Waals surface area contributed by atoms with Crippen molar-refractivity contribution in [3.05, 3.63) is 27.4 Å². The molecule has 0 amide bonds. The van der Waals surface area contributed by atoms with Gasteiger partial charge in [-0.15, -0.1) is 11.3 Å². The maximum atomic E-state index is 5.62. The minimum atomic E-state index is 0.423. The number of nitrogen functional groups attached to an aromatic ring is 1. The first kappa shape index (κ1) is 10.3. The number of nitrogens with two attached hydrogens (primary N) is 1. The molecule has 0 aliphatic rings. The number of hydrogen-bond acceptors (Lipinski definition) is 6. The van der Waals surface area contributed by atoms with Gasteiger partial charge in [0.1, 0.15) is 27.4 Å². The first-order valence-corrected chi connectivity index (χ1v) is 5.83. The highest BCUT2D eigenvalue weighted by atomic mass is 79.9. The molecule has 2 heterocycles. The van der Waals surface area contributed by atoms with Crippen LogP contribution in [0, 0.1) is 0 Å². The van der Waals surface area contributed by atoms with Gasteiger partial charge in [-0.25, -0.2) is 15.0 Å². The van der Waals surface area contributed by atoms with Gasteiger partial charge in [0.05, 0.1) is 6.54 Å². The zero-order valence-electron chi connectivity index (χ0n) is 7.64. The van der Waals surface area contributed by atoms with Crippen LogP contribution in [0.4, 0.5) is 11.6 Å². The maximum absolute atomic E-state index is 5.62.